The Hall–Kier alpha value is -2.33. The van der Waals surface area contributed by atoms with Gasteiger partial charge in [0.2, 0.25) is 10.0 Å². The first kappa shape index (κ1) is 15.1. The maximum absolute atomic E-state index is 13.0. The van der Waals surface area contributed by atoms with Gasteiger partial charge in [0.15, 0.2) is 11.5 Å². The third-order valence-corrected chi connectivity index (χ3v) is 3.09. The van der Waals surface area contributed by atoms with Crippen molar-refractivity contribution in [3.8, 4) is 0 Å². The van der Waals surface area contributed by atoms with Gasteiger partial charge in [-0.05, 0) is 18.2 Å². The molecule has 1 heterocycles. The number of amidine groups is 1. The molecule has 0 fully saturated rings. The Bertz CT molecular complexity index is 741. The first-order valence-electron chi connectivity index (χ1n) is 5.80. The van der Waals surface area contributed by atoms with E-state index in [0.29, 0.717) is 5.69 Å². The summed E-state index contributed by atoms with van der Waals surface area (Å²) in [4.78, 5) is 0. The molecule has 0 atom stereocenters. The smallest absolute Gasteiger partial charge is 0.209 e. The van der Waals surface area contributed by atoms with Gasteiger partial charge in [-0.25, -0.2) is 17.5 Å². The lowest BCUT2D eigenvalue weighted by molar-refractivity contribution is 0.592. The Morgan fingerprint density at radius 1 is 1.38 bits per heavy atom. The number of nitrogens with one attached hydrogen (secondary N) is 2. The van der Waals surface area contributed by atoms with Crippen LogP contribution in [0, 0.1) is 5.82 Å². The summed E-state index contributed by atoms with van der Waals surface area (Å²) in [6, 6.07) is 5.68. The lowest BCUT2D eigenvalue weighted by Crippen LogP contribution is -2.36. The van der Waals surface area contributed by atoms with Crippen LogP contribution in [0.15, 0.2) is 39.6 Å². The number of halogens is 1. The highest BCUT2D eigenvalue weighted by atomic mass is 32.2. The molecule has 21 heavy (non-hydrogen) atoms. The summed E-state index contributed by atoms with van der Waals surface area (Å²) in [6.07, 6.45) is 1.02. The van der Waals surface area contributed by atoms with E-state index in [0.717, 1.165) is 6.26 Å². The van der Waals surface area contributed by atoms with Crippen LogP contribution in [0.4, 0.5) is 10.1 Å². The summed E-state index contributed by atoms with van der Waals surface area (Å²) < 4.78 is 37.4. The van der Waals surface area contributed by atoms with Crippen molar-refractivity contribution < 1.29 is 12.8 Å². The molecular weight excluding hydrogens is 299 g/mol. The van der Waals surface area contributed by atoms with Crippen LogP contribution in [-0.2, 0) is 10.0 Å². The van der Waals surface area contributed by atoms with Crippen molar-refractivity contribution in [2.75, 3.05) is 18.2 Å². The molecule has 1 aromatic rings. The van der Waals surface area contributed by atoms with Gasteiger partial charge in [0.25, 0.3) is 0 Å². The second-order valence-corrected chi connectivity index (χ2v) is 6.04. The lowest BCUT2D eigenvalue weighted by atomic mass is 10.2. The van der Waals surface area contributed by atoms with Crippen LogP contribution in [0.25, 0.3) is 0 Å². The van der Waals surface area contributed by atoms with Crippen molar-refractivity contribution in [3.63, 3.8) is 0 Å². The summed E-state index contributed by atoms with van der Waals surface area (Å²) in [5.41, 5.74) is 9.11. The molecule has 0 radical (unpaired) electrons. The highest BCUT2D eigenvalue weighted by Crippen LogP contribution is 2.09. The van der Waals surface area contributed by atoms with Crippen LogP contribution in [0.1, 0.15) is 0 Å². The quantitative estimate of drug-likeness (QED) is 0.656. The number of rotatable bonds is 5. The summed E-state index contributed by atoms with van der Waals surface area (Å²) in [5.74, 6) is -0.370. The fourth-order valence-corrected chi connectivity index (χ4v) is 1.87. The van der Waals surface area contributed by atoms with Gasteiger partial charge in [0.05, 0.1) is 18.5 Å². The predicted molar refractivity (Wildman–Crippen MR) is 79.4 cm³/mol. The Morgan fingerprint density at radius 3 is 2.81 bits per heavy atom. The number of anilines is 1. The molecule has 0 amide bonds. The van der Waals surface area contributed by atoms with Crippen molar-refractivity contribution in [3.05, 3.63) is 30.1 Å². The molecule has 10 heteroatoms. The van der Waals surface area contributed by atoms with E-state index in [1.165, 1.54) is 18.2 Å². The largest absolute Gasteiger partial charge is 0.380 e. The van der Waals surface area contributed by atoms with E-state index in [2.05, 4.69) is 25.5 Å². The van der Waals surface area contributed by atoms with Gasteiger partial charge in [0, 0.05) is 0 Å². The zero-order valence-corrected chi connectivity index (χ0v) is 11.9. The maximum atomic E-state index is 13.0. The second-order valence-electron chi connectivity index (χ2n) is 4.21. The Labute approximate surface area is 120 Å². The first-order chi connectivity index (χ1) is 9.85. The number of hydrazone groups is 1. The fraction of sp³-hybridized carbons (Fsp3) is 0.182. The molecule has 1 aliphatic heterocycles. The van der Waals surface area contributed by atoms with E-state index >= 15 is 0 Å². The lowest BCUT2D eigenvalue weighted by Gasteiger charge is -2.05. The minimum Gasteiger partial charge on any atom is -0.380 e. The van der Waals surface area contributed by atoms with Crippen molar-refractivity contribution in [1.82, 2.24) is 4.72 Å². The minimum atomic E-state index is -3.37. The standard InChI is InChI=1S/C11H13FN6O2S/c1-21(19,20)14-6-9-10(11(13)18-16-9)17-15-8-4-2-3-7(12)5-8/h2-5,14-15H,6H2,1H3,(H2,13,17,18). The molecule has 2 rings (SSSR count). The number of hydrogen-bond acceptors (Lipinski definition) is 7. The number of hydrogen-bond donors (Lipinski definition) is 3. The summed E-state index contributed by atoms with van der Waals surface area (Å²) >= 11 is 0. The zero-order chi connectivity index (χ0) is 15.5. The average molecular weight is 312 g/mol. The molecular formula is C11H13FN6O2S. The van der Waals surface area contributed by atoms with Gasteiger partial charge in [-0.1, -0.05) is 6.07 Å². The predicted octanol–water partition coefficient (Wildman–Crippen LogP) is -0.130. The number of sulfonamides is 1. The molecule has 0 unspecified atom stereocenters. The van der Waals surface area contributed by atoms with Gasteiger partial charge in [0.1, 0.15) is 11.5 Å². The summed E-state index contributed by atoms with van der Waals surface area (Å²) in [5, 5.41) is 11.3. The first-order valence-corrected chi connectivity index (χ1v) is 7.69. The van der Waals surface area contributed by atoms with Crippen LogP contribution < -0.4 is 15.9 Å². The second kappa shape index (κ2) is 5.97. The van der Waals surface area contributed by atoms with Crippen LogP contribution in [0.5, 0.6) is 0 Å². The third kappa shape index (κ3) is 4.33. The highest BCUT2D eigenvalue weighted by Gasteiger charge is 2.20. The summed E-state index contributed by atoms with van der Waals surface area (Å²) in [6.45, 7) is -0.0906. The molecule has 0 bridgehead atoms. The van der Waals surface area contributed by atoms with E-state index in [-0.39, 0.29) is 23.8 Å². The molecule has 4 N–H and O–H groups in total. The van der Waals surface area contributed by atoms with Crippen LogP contribution in [0.3, 0.4) is 0 Å². The van der Waals surface area contributed by atoms with E-state index < -0.39 is 15.8 Å². The molecule has 1 aromatic carbocycles. The number of benzene rings is 1. The molecule has 0 saturated carbocycles. The van der Waals surface area contributed by atoms with Crippen LogP contribution in [-0.4, -0.2) is 38.5 Å². The van der Waals surface area contributed by atoms with Crippen molar-refractivity contribution in [2.24, 2.45) is 21.0 Å². The molecule has 0 aromatic heterocycles. The van der Waals surface area contributed by atoms with Crippen LogP contribution in [0.2, 0.25) is 0 Å². The average Bonchev–Trinajstić information content (AvgIpc) is 2.74. The zero-order valence-electron chi connectivity index (χ0n) is 11.0. The Morgan fingerprint density at radius 2 is 2.14 bits per heavy atom. The third-order valence-electron chi connectivity index (χ3n) is 2.42. The van der Waals surface area contributed by atoms with Crippen molar-refractivity contribution in [2.45, 2.75) is 0 Å². The fourth-order valence-electron chi connectivity index (χ4n) is 1.48. The van der Waals surface area contributed by atoms with E-state index in [4.69, 9.17) is 5.73 Å². The summed E-state index contributed by atoms with van der Waals surface area (Å²) in [7, 11) is -3.37. The van der Waals surface area contributed by atoms with Crippen molar-refractivity contribution >= 4 is 33.0 Å². The number of nitrogens with zero attached hydrogens (tertiary/aromatic N) is 3. The Kier molecular flexibility index (Phi) is 4.29. The molecule has 112 valence electrons. The monoisotopic (exact) mass is 312 g/mol. The van der Waals surface area contributed by atoms with Gasteiger partial charge in [-0.15, -0.1) is 10.2 Å². The van der Waals surface area contributed by atoms with Gasteiger partial charge < -0.3 is 5.73 Å². The van der Waals surface area contributed by atoms with E-state index in [9.17, 15) is 12.8 Å². The van der Waals surface area contributed by atoms with Gasteiger partial charge in [-0.2, -0.15) is 5.10 Å². The SMILES string of the molecule is CS(=O)(=O)NCC1=NN=C(N)/C1=N\Nc1cccc(F)c1. The molecule has 0 saturated heterocycles. The molecule has 1 aliphatic rings. The van der Waals surface area contributed by atoms with Crippen LogP contribution >= 0.6 is 0 Å². The molecule has 0 spiro atoms. The van der Waals surface area contributed by atoms with Gasteiger partial charge >= 0.3 is 0 Å². The highest BCUT2D eigenvalue weighted by molar-refractivity contribution is 7.88. The van der Waals surface area contributed by atoms with Crippen molar-refractivity contribution in [1.29, 1.82) is 0 Å². The van der Waals surface area contributed by atoms with E-state index in [1.807, 2.05) is 0 Å². The molecule has 8 nitrogen and oxygen atoms in total. The van der Waals surface area contributed by atoms with E-state index in [1.54, 1.807) is 6.07 Å². The normalized spacial score (nSPS) is 16.8. The number of nitrogens with two attached hydrogens (primary N) is 1. The minimum absolute atomic E-state index is 0.0456. The maximum Gasteiger partial charge on any atom is 0.209 e. The van der Waals surface area contributed by atoms with Gasteiger partial charge in [-0.3, -0.25) is 5.43 Å². The Balaban J connectivity index is 2.10. The topological polar surface area (TPSA) is 121 Å². The molecule has 0 aliphatic carbocycles.